The van der Waals surface area contributed by atoms with Crippen LogP contribution in [-0.2, 0) is 14.4 Å². The highest BCUT2D eigenvalue weighted by molar-refractivity contribution is 7.98. The second-order valence-electron chi connectivity index (χ2n) is 8.52. The van der Waals surface area contributed by atoms with Gasteiger partial charge in [0.15, 0.2) is 0 Å². The van der Waals surface area contributed by atoms with Gasteiger partial charge in [-0.1, -0.05) is 72.7 Å². The van der Waals surface area contributed by atoms with Crippen molar-refractivity contribution in [1.29, 1.82) is 0 Å². The van der Waals surface area contributed by atoms with E-state index in [1.165, 1.54) is 11.8 Å². The van der Waals surface area contributed by atoms with Gasteiger partial charge in [0.1, 0.15) is 5.54 Å². The van der Waals surface area contributed by atoms with Gasteiger partial charge in [-0.15, -0.1) is 6.42 Å². The molecule has 2 aromatic rings. The number of carbonyl (C=O) groups excluding carboxylic acids is 2. The molecule has 0 radical (unpaired) electrons. The molecular formula is C27H26N2O4S. The van der Waals surface area contributed by atoms with Crippen molar-refractivity contribution in [2.45, 2.75) is 18.0 Å². The van der Waals surface area contributed by atoms with Gasteiger partial charge >= 0.3 is 5.97 Å². The highest BCUT2D eigenvalue weighted by Crippen LogP contribution is 2.50. The molecule has 34 heavy (non-hydrogen) atoms. The van der Waals surface area contributed by atoms with Crippen LogP contribution < -0.4 is 5.32 Å². The highest BCUT2D eigenvalue weighted by Gasteiger charge is 2.68. The summed E-state index contributed by atoms with van der Waals surface area (Å²) in [5, 5.41) is 13.4. The van der Waals surface area contributed by atoms with E-state index in [0.29, 0.717) is 5.75 Å². The van der Waals surface area contributed by atoms with Crippen LogP contribution >= 0.6 is 11.8 Å². The van der Waals surface area contributed by atoms with E-state index < -0.39 is 41.2 Å². The van der Waals surface area contributed by atoms with Crippen LogP contribution in [0.25, 0.3) is 12.2 Å². The molecule has 0 spiro atoms. The first kappa shape index (κ1) is 23.8. The largest absolute Gasteiger partial charge is 0.480 e. The average Bonchev–Trinajstić information content (AvgIpc) is 3.33. The fraction of sp³-hybridized carbons (Fsp3) is 0.296. The zero-order valence-corrected chi connectivity index (χ0v) is 19.6. The summed E-state index contributed by atoms with van der Waals surface area (Å²) in [4.78, 5) is 40.0. The molecule has 2 fully saturated rings. The van der Waals surface area contributed by atoms with Crippen LogP contribution in [0.3, 0.4) is 0 Å². The molecule has 0 aliphatic carbocycles. The number of carboxylic acids is 1. The predicted molar refractivity (Wildman–Crippen MR) is 134 cm³/mol. The molecule has 2 N–H and O–H groups in total. The molecule has 2 aliphatic rings. The van der Waals surface area contributed by atoms with E-state index in [1.807, 2.05) is 73.0 Å². The molecule has 174 valence electrons. The van der Waals surface area contributed by atoms with Crippen LogP contribution in [0, 0.1) is 24.2 Å². The quantitative estimate of drug-likeness (QED) is 0.347. The first-order chi connectivity index (χ1) is 16.4. The number of fused-ring (bicyclic) bond motifs is 1. The molecule has 0 aromatic heterocycles. The zero-order chi connectivity index (χ0) is 24.3. The molecular weight excluding hydrogens is 448 g/mol. The molecule has 4 unspecified atom stereocenters. The predicted octanol–water partition coefficient (Wildman–Crippen LogP) is 3.31. The normalized spacial score (nSPS) is 26.1. The number of carbonyl (C=O) groups is 3. The Morgan fingerprint density at radius 2 is 1.76 bits per heavy atom. The number of hydrogen-bond acceptors (Lipinski definition) is 5. The lowest BCUT2D eigenvalue weighted by Crippen LogP contribution is -2.56. The number of benzene rings is 2. The summed E-state index contributed by atoms with van der Waals surface area (Å²) in [6.07, 6.45) is 11.5. The van der Waals surface area contributed by atoms with Gasteiger partial charge in [-0.25, -0.2) is 0 Å². The number of aliphatic carboxylic acids is 1. The molecule has 4 atom stereocenters. The monoisotopic (exact) mass is 474 g/mol. The Kier molecular flexibility index (Phi) is 6.92. The highest BCUT2D eigenvalue weighted by atomic mass is 32.2. The molecule has 2 aliphatic heterocycles. The van der Waals surface area contributed by atoms with Gasteiger partial charge in [0.2, 0.25) is 11.8 Å². The van der Waals surface area contributed by atoms with Crippen molar-refractivity contribution in [2.24, 2.45) is 11.8 Å². The number of nitrogens with zero attached hydrogens (tertiary/aromatic N) is 1. The summed E-state index contributed by atoms with van der Waals surface area (Å²) < 4.78 is 0. The summed E-state index contributed by atoms with van der Waals surface area (Å²) in [5.41, 5.74) is 1.29. The van der Waals surface area contributed by atoms with E-state index >= 15 is 0 Å². The number of terminal acetylenes is 1. The Hall–Kier alpha value is -3.34. The van der Waals surface area contributed by atoms with Gasteiger partial charge in [0.05, 0.1) is 18.4 Å². The Bertz CT molecular complexity index is 1160. The van der Waals surface area contributed by atoms with Crippen molar-refractivity contribution in [3.8, 4) is 12.3 Å². The van der Waals surface area contributed by atoms with Crippen molar-refractivity contribution in [2.75, 3.05) is 18.6 Å². The molecule has 0 bridgehead atoms. The van der Waals surface area contributed by atoms with E-state index in [0.717, 1.165) is 21.6 Å². The lowest BCUT2D eigenvalue weighted by atomic mass is 9.78. The molecule has 2 aromatic carbocycles. The van der Waals surface area contributed by atoms with Crippen LogP contribution in [0.15, 0.2) is 54.6 Å². The third-order valence-electron chi connectivity index (χ3n) is 6.64. The number of imide groups is 1. The van der Waals surface area contributed by atoms with Crippen LogP contribution in [0.1, 0.15) is 29.2 Å². The minimum absolute atomic E-state index is 0.154. The molecule has 6 nitrogen and oxygen atoms in total. The third-order valence-corrected chi connectivity index (χ3v) is 7.25. The maximum absolute atomic E-state index is 13.2. The van der Waals surface area contributed by atoms with Crippen LogP contribution in [0.5, 0.6) is 0 Å². The molecule has 2 saturated heterocycles. The molecule has 2 amide bonds. The second kappa shape index (κ2) is 9.88. The Morgan fingerprint density at radius 1 is 1.12 bits per heavy atom. The third kappa shape index (κ3) is 4.15. The summed E-state index contributed by atoms with van der Waals surface area (Å²) in [7, 11) is 0. The average molecular weight is 475 g/mol. The molecule has 2 heterocycles. The van der Waals surface area contributed by atoms with Crippen molar-refractivity contribution in [1.82, 2.24) is 10.2 Å². The van der Waals surface area contributed by atoms with Crippen LogP contribution in [0.4, 0.5) is 0 Å². The lowest BCUT2D eigenvalue weighted by molar-refractivity contribution is -0.151. The summed E-state index contributed by atoms with van der Waals surface area (Å²) in [5.74, 6) is -0.961. The van der Waals surface area contributed by atoms with E-state index in [-0.39, 0.29) is 13.0 Å². The number of nitrogens with one attached hydrogen (secondary N) is 1. The standard InChI is InChI=1S/C27H26N2O4S/c1-3-16-29-24(30)21-22(25(29)31)27(26(32)33,15-17-34-2)28-23(21)20-13-11-19(12-14-20)10-9-18-7-5-4-6-8-18/h1,4-14,21-23,28H,15-17H2,2H3,(H,32,33). The number of likely N-dealkylation sites (tertiary alicyclic amines) is 1. The number of amides is 2. The molecule has 0 saturated carbocycles. The van der Waals surface area contributed by atoms with E-state index in [4.69, 9.17) is 6.42 Å². The van der Waals surface area contributed by atoms with Crippen molar-refractivity contribution in [3.63, 3.8) is 0 Å². The Morgan fingerprint density at radius 3 is 2.35 bits per heavy atom. The van der Waals surface area contributed by atoms with Gasteiger partial charge in [0.25, 0.3) is 0 Å². The Labute approximate surface area is 203 Å². The second-order valence-corrected chi connectivity index (χ2v) is 9.51. The smallest absolute Gasteiger partial charge is 0.324 e. The van der Waals surface area contributed by atoms with E-state index in [1.54, 1.807) is 0 Å². The number of carboxylic acid groups (broad SMARTS) is 1. The Balaban J connectivity index is 1.68. The topological polar surface area (TPSA) is 86.7 Å². The van der Waals surface area contributed by atoms with Crippen molar-refractivity contribution >= 4 is 41.7 Å². The van der Waals surface area contributed by atoms with Crippen molar-refractivity contribution < 1.29 is 19.5 Å². The van der Waals surface area contributed by atoms with Gasteiger partial charge in [0, 0.05) is 6.04 Å². The maximum atomic E-state index is 13.2. The first-order valence-corrected chi connectivity index (χ1v) is 12.4. The number of rotatable bonds is 8. The minimum Gasteiger partial charge on any atom is -0.480 e. The van der Waals surface area contributed by atoms with E-state index in [9.17, 15) is 19.5 Å². The van der Waals surface area contributed by atoms with E-state index in [2.05, 4.69) is 11.2 Å². The molecule has 4 rings (SSSR count). The van der Waals surface area contributed by atoms with Gasteiger partial charge in [-0.2, -0.15) is 11.8 Å². The lowest BCUT2D eigenvalue weighted by Gasteiger charge is -2.30. The van der Waals surface area contributed by atoms with Gasteiger partial charge in [-0.05, 0) is 35.1 Å². The zero-order valence-electron chi connectivity index (χ0n) is 18.8. The fourth-order valence-corrected chi connectivity index (χ4v) is 5.49. The summed E-state index contributed by atoms with van der Waals surface area (Å²) in [6.45, 7) is -0.154. The number of thioether (sulfide) groups is 1. The van der Waals surface area contributed by atoms with Crippen LogP contribution in [0.2, 0.25) is 0 Å². The summed E-state index contributed by atoms with van der Waals surface area (Å²) in [6, 6.07) is 16.9. The summed E-state index contributed by atoms with van der Waals surface area (Å²) >= 11 is 1.50. The first-order valence-electron chi connectivity index (χ1n) is 11.0. The number of hydrogen-bond donors (Lipinski definition) is 2. The minimum atomic E-state index is -1.53. The maximum Gasteiger partial charge on any atom is 0.324 e. The van der Waals surface area contributed by atoms with Crippen molar-refractivity contribution in [3.05, 3.63) is 71.3 Å². The van der Waals surface area contributed by atoms with Gasteiger partial charge < -0.3 is 5.11 Å². The molecule has 7 heteroatoms. The SMILES string of the molecule is C#CCN1C(=O)C2C(c3ccc(C=Cc4ccccc4)cc3)NC(CCSC)(C(=O)O)C2C1=O. The fourth-order valence-electron chi connectivity index (χ4n) is 4.96. The van der Waals surface area contributed by atoms with Gasteiger partial charge in [-0.3, -0.25) is 24.6 Å². The van der Waals surface area contributed by atoms with Crippen LogP contribution in [-0.4, -0.2) is 51.9 Å².